The van der Waals surface area contributed by atoms with Crippen LogP contribution in [0.4, 0.5) is 13.2 Å². The number of rotatable bonds is 2. The lowest BCUT2D eigenvalue weighted by Gasteiger charge is -2.03. The molecule has 0 aliphatic rings. The molecule has 0 saturated carbocycles. The molecule has 0 unspecified atom stereocenters. The molecule has 0 spiro atoms. The number of alkyl halides is 4. The fourth-order valence-electron chi connectivity index (χ4n) is 1.42. The molecule has 19 heavy (non-hydrogen) atoms. The molecular weight excluding hydrogens is 370 g/mol. The van der Waals surface area contributed by atoms with Gasteiger partial charge in [-0.1, -0.05) is 11.6 Å². The summed E-state index contributed by atoms with van der Waals surface area (Å²) in [6.45, 7) is 0. The number of pyridine rings is 1. The first-order chi connectivity index (χ1) is 8.84. The lowest BCUT2D eigenvalue weighted by atomic mass is 10.3. The molecule has 3 nitrogen and oxygen atoms in total. The van der Waals surface area contributed by atoms with E-state index in [4.69, 9.17) is 23.2 Å². The Morgan fingerprint density at radius 1 is 1.32 bits per heavy atom. The highest BCUT2D eigenvalue weighted by atomic mass is 79.9. The SMILES string of the molecule is FC(F)(F)c1nn(-c2ccc(Br)cn2)c(Cl)c1CCl. The van der Waals surface area contributed by atoms with Crippen molar-refractivity contribution in [3.05, 3.63) is 39.2 Å². The molecule has 2 aromatic rings. The Balaban J connectivity index is 2.59. The van der Waals surface area contributed by atoms with Gasteiger partial charge in [0.2, 0.25) is 0 Å². The van der Waals surface area contributed by atoms with Crippen LogP contribution >= 0.6 is 39.1 Å². The van der Waals surface area contributed by atoms with Crippen molar-refractivity contribution in [2.24, 2.45) is 0 Å². The zero-order valence-corrected chi connectivity index (χ0v) is 12.1. The third kappa shape index (κ3) is 2.88. The van der Waals surface area contributed by atoms with Gasteiger partial charge in [-0.05, 0) is 28.1 Å². The van der Waals surface area contributed by atoms with E-state index in [0.717, 1.165) is 4.68 Å². The fraction of sp³-hybridized carbons (Fsp3) is 0.200. The summed E-state index contributed by atoms with van der Waals surface area (Å²) in [5.74, 6) is -0.209. The molecule has 0 aromatic carbocycles. The highest BCUT2D eigenvalue weighted by molar-refractivity contribution is 9.10. The maximum absolute atomic E-state index is 12.8. The van der Waals surface area contributed by atoms with E-state index in [-0.39, 0.29) is 22.4 Å². The molecular formula is C10H5BrCl2F3N3. The van der Waals surface area contributed by atoms with Gasteiger partial charge in [0.05, 0.1) is 5.88 Å². The molecule has 0 saturated heterocycles. The summed E-state index contributed by atoms with van der Waals surface area (Å²) in [6, 6.07) is 3.11. The molecule has 2 aromatic heterocycles. The van der Waals surface area contributed by atoms with Crippen molar-refractivity contribution in [2.45, 2.75) is 12.1 Å². The van der Waals surface area contributed by atoms with Crippen molar-refractivity contribution in [2.75, 3.05) is 0 Å². The molecule has 2 heterocycles. The molecule has 0 aliphatic heterocycles. The van der Waals surface area contributed by atoms with Gasteiger partial charge in [0, 0.05) is 16.2 Å². The van der Waals surface area contributed by atoms with Crippen LogP contribution < -0.4 is 0 Å². The van der Waals surface area contributed by atoms with Gasteiger partial charge < -0.3 is 0 Å². The third-order valence-electron chi connectivity index (χ3n) is 2.25. The van der Waals surface area contributed by atoms with Gasteiger partial charge in [0.1, 0.15) is 5.15 Å². The minimum absolute atomic E-state index is 0.176. The van der Waals surface area contributed by atoms with Crippen molar-refractivity contribution in [1.82, 2.24) is 14.8 Å². The Bertz CT molecular complexity index is 595. The first-order valence-electron chi connectivity index (χ1n) is 4.87. The molecule has 0 atom stereocenters. The Morgan fingerprint density at radius 3 is 2.42 bits per heavy atom. The van der Waals surface area contributed by atoms with E-state index >= 15 is 0 Å². The molecule has 0 radical (unpaired) electrons. The van der Waals surface area contributed by atoms with Crippen LogP contribution in [0.1, 0.15) is 11.3 Å². The molecule has 102 valence electrons. The topological polar surface area (TPSA) is 30.7 Å². The Labute approximate surface area is 124 Å². The standard InChI is InChI=1S/C10H5BrCl2F3N3/c11-5-1-2-7(17-4-5)19-9(13)6(3-12)8(18-19)10(14,15)16/h1-2,4H,3H2. The summed E-state index contributed by atoms with van der Waals surface area (Å²) < 4.78 is 40.0. The van der Waals surface area contributed by atoms with Gasteiger partial charge in [0.15, 0.2) is 11.5 Å². The quantitative estimate of drug-likeness (QED) is 0.727. The van der Waals surface area contributed by atoms with Crippen molar-refractivity contribution >= 4 is 39.1 Å². The summed E-state index contributed by atoms with van der Waals surface area (Å²) in [5, 5.41) is 3.25. The highest BCUT2D eigenvalue weighted by Gasteiger charge is 2.39. The van der Waals surface area contributed by atoms with Gasteiger partial charge >= 0.3 is 6.18 Å². The monoisotopic (exact) mass is 373 g/mol. The van der Waals surface area contributed by atoms with Gasteiger partial charge in [-0.3, -0.25) is 0 Å². The fourth-order valence-corrected chi connectivity index (χ4v) is 2.26. The number of nitrogens with zero attached hydrogens (tertiary/aromatic N) is 3. The number of aromatic nitrogens is 3. The van der Waals surface area contributed by atoms with Crippen LogP contribution in [0.3, 0.4) is 0 Å². The summed E-state index contributed by atoms with van der Waals surface area (Å²) in [6.07, 6.45) is -3.19. The Morgan fingerprint density at radius 2 is 2.00 bits per heavy atom. The average Bonchev–Trinajstić information content (AvgIpc) is 2.67. The van der Waals surface area contributed by atoms with E-state index in [1.54, 1.807) is 6.07 Å². The second kappa shape index (κ2) is 5.30. The van der Waals surface area contributed by atoms with Crippen molar-refractivity contribution < 1.29 is 13.2 Å². The number of halogens is 6. The summed E-state index contributed by atoms with van der Waals surface area (Å²) in [7, 11) is 0. The van der Waals surface area contributed by atoms with E-state index < -0.39 is 11.9 Å². The largest absolute Gasteiger partial charge is 0.435 e. The first-order valence-corrected chi connectivity index (χ1v) is 6.57. The molecule has 0 amide bonds. The maximum atomic E-state index is 12.8. The van der Waals surface area contributed by atoms with E-state index in [2.05, 4.69) is 26.0 Å². The van der Waals surface area contributed by atoms with Crippen molar-refractivity contribution in [1.29, 1.82) is 0 Å². The predicted octanol–water partition coefficient (Wildman–Crippen LogP) is 4.44. The lowest BCUT2D eigenvalue weighted by Crippen LogP contribution is -2.09. The average molecular weight is 375 g/mol. The van der Waals surface area contributed by atoms with E-state index in [0.29, 0.717) is 4.47 Å². The zero-order chi connectivity index (χ0) is 14.2. The maximum Gasteiger partial charge on any atom is 0.435 e. The van der Waals surface area contributed by atoms with Crippen molar-refractivity contribution in [3.63, 3.8) is 0 Å². The van der Waals surface area contributed by atoms with E-state index in [1.807, 2.05) is 0 Å². The molecule has 0 N–H and O–H groups in total. The second-order valence-electron chi connectivity index (χ2n) is 3.50. The lowest BCUT2D eigenvalue weighted by molar-refractivity contribution is -0.141. The van der Waals surface area contributed by atoms with Crippen LogP contribution in [0, 0.1) is 0 Å². The van der Waals surface area contributed by atoms with Gasteiger partial charge in [-0.25, -0.2) is 9.67 Å². The predicted molar refractivity (Wildman–Crippen MR) is 68.6 cm³/mol. The van der Waals surface area contributed by atoms with E-state index in [1.165, 1.54) is 12.3 Å². The van der Waals surface area contributed by atoms with Crippen LogP contribution in [0.5, 0.6) is 0 Å². The van der Waals surface area contributed by atoms with Crippen LogP contribution in [0.2, 0.25) is 5.15 Å². The van der Waals surface area contributed by atoms with Crippen LogP contribution in [0.15, 0.2) is 22.8 Å². The Hall–Kier alpha value is -0.790. The van der Waals surface area contributed by atoms with Gasteiger partial charge in [0.25, 0.3) is 0 Å². The van der Waals surface area contributed by atoms with Crippen molar-refractivity contribution in [3.8, 4) is 5.82 Å². The zero-order valence-electron chi connectivity index (χ0n) is 9.05. The summed E-state index contributed by atoms with van der Waals surface area (Å²) in [4.78, 5) is 3.94. The van der Waals surface area contributed by atoms with Gasteiger partial charge in [-0.2, -0.15) is 18.3 Å². The Kier molecular flexibility index (Phi) is 4.08. The minimum atomic E-state index is -4.62. The normalized spacial score (nSPS) is 11.9. The second-order valence-corrected chi connectivity index (χ2v) is 5.04. The highest BCUT2D eigenvalue weighted by Crippen LogP contribution is 2.36. The summed E-state index contributed by atoms with van der Waals surface area (Å²) >= 11 is 14.6. The minimum Gasteiger partial charge on any atom is -0.236 e. The van der Waals surface area contributed by atoms with Crippen LogP contribution in [-0.2, 0) is 12.1 Å². The third-order valence-corrected chi connectivity index (χ3v) is 3.38. The van der Waals surface area contributed by atoms with Crippen LogP contribution in [0.25, 0.3) is 5.82 Å². The molecule has 2 rings (SSSR count). The first kappa shape index (κ1) is 14.6. The molecule has 0 fully saturated rings. The smallest absolute Gasteiger partial charge is 0.236 e. The van der Waals surface area contributed by atoms with E-state index in [9.17, 15) is 13.2 Å². The number of hydrogen-bond acceptors (Lipinski definition) is 2. The number of hydrogen-bond donors (Lipinski definition) is 0. The molecule has 0 aliphatic carbocycles. The molecule has 9 heteroatoms. The van der Waals surface area contributed by atoms with Gasteiger partial charge in [-0.15, -0.1) is 11.6 Å². The summed E-state index contributed by atoms with van der Waals surface area (Å²) in [5.41, 5.74) is -1.36. The van der Waals surface area contributed by atoms with Crippen LogP contribution in [-0.4, -0.2) is 14.8 Å². The molecule has 0 bridgehead atoms.